The van der Waals surface area contributed by atoms with E-state index in [0.717, 1.165) is 12.1 Å². The molecule has 3 heteroatoms. The van der Waals surface area contributed by atoms with Crippen molar-refractivity contribution in [3.8, 4) is 0 Å². The lowest BCUT2D eigenvalue weighted by Crippen LogP contribution is -2.31. The van der Waals surface area contributed by atoms with Crippen LogP contribution in [0, 0.1) is 0 Å². The first kappa shape index (κ1) is 13.4. The lowest BCUT2D eigenvalue weighted by atomic mass is 10.0. The fourth-order valence-corrected chi connectivity index (χ4v) is 1.37. The monoisotopic (exact) mass is 215 g/mol. The average molecular weight is 216 g/mol. The number of likely N-dealkylation sites (N-methyl/N-ethyl adjacent to an activating group) is 1. The molecule has 0 spiro atoms. The van der Waals surface area contributed by atoms with Crippen LogP contribution in [0.5, 0.6) is 0 Å². The number of aliphatic hydroxyl groups is 1. The Balaban J connectivity index is 0.00000169. The second kappa shape index (κ2) is 6.82. The average Bonchev–Trinajstić information content (AvgIpc) is 2.18. The van der Waals surface area contributed by atoms with Crippen LogP contribution in [-0.4, -0.2) is 17.7 Å². The number of benzene rings is 1. The number of nitrogens with one attached hydrogen (secondary N) is 1. The second-order valence-corrected chi connectivity index (χ2v) is 3.20. The van der Waals surface area contributed by atoms with Crippen molar-refractivity contribution in [3.05, 3.63) is 35.9 Å². The molecule has 0 bridgehead atoms. The Morgan fingerprint density at radius 3 is 2.36 bits per heavy atom. The van der Waals surface area contributed by atoms with E-state index < -0.39 is 6.10 Å². The van der Waals surface area contributed by atoms with E-state index in [9.17, 15) is 5.11 Å². The van der Waals surface area contributed by atoms with Crippen LogP contribution in [-0.2, 0) is 0 Å². The van der Waals surface area contributed by atoms with Crippen molar-refractivity contribution in [2.24, 2.45) is 0 Å². The van der Waals surface area contributed by atoms with Gasteiger partial charge in [0.05, 0.1) is 6.10 Å². The molecule has 0 saturated heterocycles. The minimum atomic E-state index is -0.416. The van der Waals surface area contributed by atoms with Crippen molar-refractivity contribution in [1.29, 1.82) is 0 Å². The summed E-state index contributed by atoms with van der Waals surface area (Å²) < 4.78 is 0. The van der Waals surface area contributed by atoms with Crippen LogP contribution in [0.2, 0.25) is 0 Å². The molecular weight excluding hydrogens is 198 g/mol. The molecule has 0 aliphatic heterocycles. The molecule has 0 fully saturated rings. The normalized spacial score (nSPS) is 14.2. The Labute approximate surface area is 91.8 Å². The lowest BCUT2D eigenvalue weighted by molar-refractivity contribution is 0.137. The molecule has 2 nitrogen and oxygen atoms in total. The second-order valence-electron chi connectivity index (χ2n) is 3.20. The van der Waals surface area contributed by atoms with E-state index in [0.29, 0.717) is 0 Å². The maximum absolute atomic E-state index is 9.86. The smallest absolute Gasteiger partial charge is 0.0940 e. The molecule has 2 atom stereocenters. The molecule has 2 N–H and O–H groups in total. The maximum atomic E-state index is 9.86. The molecule has 2 unspecified atom stereocenters. The van der Waals surface area contributed by atoms with Crippen LogP contribution >= 0.6 is 12.4 Å². The van der Waals surface area contributed by atoms with Crippen molar-refractivity contribution in [2.75, 3.05) is 6.54 Å². The minimum absolute atomic E-state index is 0. The highest BCUT2D eigenvalue weighted by Crippen LogP contribution is 2.15. The van der Waals surface area contributed by atoms with Crippen LogP contribution in [0.1, 0.15) is 25.5 Å². The maximum Gasteiger partial charge on any atom is 0.0940 e. The molecule has 0 saturated carbocycles. The highest BCUT2D eigenvalue weighted by Gasteiger charge is 2.13. The van der Waals surface area contributed by atoms with Gasteiger partial charge in [-0.2, -0.15) is 0 Å². The van der Waals surface area contributed by atoms with E-state index >= 15 is 0 Å². The molecule has 1 rings (SSSR count). The summed E-state index contributed by atoms with van der Waals surface area (Å²) in [7, 11) is 0. The molecule has 80 valence electrons. The number of hydrogen-bond donors (Lipinski definition) is 2. The van der Waals surface area contributed by atoms with Crippen molar-refractivity contribution < 1.29 is 5.11 Å². The number of halogens is 1. The summed E-state index contributed by atoms with van der Waals surface area (Å²) in [5, 5.41) is 13.1. The van der Waals surface area contributed by atoms with Gasteiger partial charge in [-0.3, -0.25) is 0 Å². The van der Waals surface area contributed by atoms with E-state index in [-0.39, 0.29) is 18.4 Å². The van der Waals surface area contributed by atoms with Gasteiger partial charge in [0.1, 0.15) is 0 Å². The van der Waals surface area contributed by atoms with Crippen LogP contribution in [0.4, 0.5) is 0 Å². The zero-order valence-corrected chi connectivity index (χ0v) is 9.42. The summed E-state index contributed by atoms with van der Waals surface area (Å²) in [5.74, 6) is 0. The summed E-state index contributed by atoms with van der Waals surface area (Å²) in [6.45, 7) is 4.90. The van der Waals surface area contributed by atoms with E-state index in [4.69, 9.17) is 0 Å². The van der Waals surface area contributed by atoms with E-state index in [1.807, 2.05) is 44.2 Å². The number of rotatable bonds is 4. The zero-order valence-electron chi connectivity index (χ0n) is 8.60. The van der Waals surface area contributed by atoms with Gasteiger partial charge in [0.2, 0.25) is 0 Å². The molecule has 0 radical (unpaired) electrons. The predicted octanol–water partition coefficient (Wildman–Crippen LogP) is 2.14. The van der Waals surface area contributed by atoms with Crippen molar-refractivity contribution in [3.63, 3.8) is 0 Å². The Morgan fingerprint density at radius 1 is 1.29 bits per heavy atom. The van der Waals surface area contributed by atoms with Gasteiger partial charge in [-0.1, -0.05) is 37.3 Å². The Kier molecular flexibility index (Phi) is 6.54. The molecular formula is C11H18ClNO. The van der Waals surface area contributed by atoms with E-state index in [1.165, 1.54) is 0 Å². The standard InChI is InChI=1S/C11H17NO.ClH/c1-3-12-9(2)11(13)10-7-5-4-6-8-10;/h4-9,11-13H,3H2,1-2H3;1H. The largest absolute Gasteiger partial charge is 0.387 e. The predicted molar refractivity (Wildman–Crippen MR) is 61.8 cm³/mol. The van der Waals surface area contributed by atoms with Crippen LogP contribution in [0.15, 0.2) is 30.3 Å². The van der Waals surface area contributed by atoms with Crippen LogP contribution in [0.3, 0.4) is 0 Å². The third-order valence-electron chi connectivity index (χ3n) is 2.14. The van der Waals surface area contributed by atoms with E-state index in [1.54, 1.807) is 0 Å². The van der Waals surface area contributed by atoms with Crippen molar-refractivity contribution in [2.45, 2.75) is 26.0 Å². The lowest BCUT2D eigenvalue weighted by Gasteiger charge is -2.19. The first-order chi connectivity index (χ1) is 6.25. The van der Waals surface area contributed by atoms with Crippen LogP contribution < -0.4 is 5.32 Å². The first-order valence-electron chi connectivity index (χ1n) is 4.72. The number of aliphatic hydroxyl groups excluding tert-OH is 1. The Hall–Kier alpha value is -0.570. The molecule has 0 aromatic heterocycles. The summed E-state index contributed by atoms with van der Waals surface area (Å²) in [6, 6.07) is 9.83. The summed E-state index contributed by atoms with van der Waals surface area (Å²) in [6.07, 6.45) is -0.416. The molecule has 14 heavy (non-hydrogen) atoms. The minimum Gasteiger partial charge on any atom is -0.387 e. The topological polar surface area (TPSA) is 32.3 Å². The van der Waals surface area contributed by atoms with Gasteiger partial charge in [-0.15, -0.1) is 12.4 Å². The van der Waals surface area contributed by atoms with Crippen LogP contribution in [0.25, 0.3) is 0 Å². The summed E-state index contributed by atoms with van der Waals surface area (Å²) >= 11 is 0. The first-order valence-corrected chi connectivity index (χ1v) is 4.72. The van der Waals surface area contributed by atoms with Gasteiger partial charge < -0.3 is 10.4 Å². The van der Waals surface area contributed by atoms with Gasteiger partial charge in [-0.05, 0) is 19.0 Å². The third kappa shape index (κ3) is 3.66. The van der Waals surface area contributed by atoms with Crippen molar-refractivity contribution >= 4 is 12.4 Å². The van der Waals surface area contributed by atoms with Gasteiger partial charge in [0.25, 0.3) is 0 Å². The van der Waals surface area contributed by atoms with Gasteiger partial charge in [0, 0.05) is 6.04 Å². The van der Waals surface area contributed by atoms with Gasteiger partial charge >= 0.3 is 0 Å². The molecule has 0 amide bonds. The molecule has 1 aromatic rings. The van der Waals surface area contributed by atoms with Gasteiger partial charge in [-0.25, -0.2) is 0 Å². The highest BCUT2D eigenvalue weighted by molar-refractivity contribution is 5.85. The quantitative estimate of drug-likeness (QED) is 0.807. The highest BCUT2D eigenvalue weighted by atomic mass is 35.5. The molecule has 0 aliphatic carbocycles. The third-order valence-corrected chi connectivity index (χ3v) is 2.14. The van der Waals surface area contributed by atoms with Crippen molar-refractivity contribution in [1.82, 2.24) is 5.32 Å². The Bertz CT molecular complexity index is 240. The molecule has 0 heterocycles. The van der Waals surface area contributed by atoms with E-state index in [2.05, 4.69) is 5.32 Å². The van der Waals surface area contributed by atoms with Gasteiger partial charge in [0.15, 0.2) is 0 Å². The zero-order chi connectivity index (χ0) is 9.68. The SMILES string of the molecule is CCNC(C)C(O)c1ccccc1.Cl. The fraction of sp³-hybridized carbons (Fsp3) is 0.455. The Morgan fingerprint density at radius 2 is 1.86 bits per heavy atom. The summed E-state index contributed by atoms with van der Waals surface area (Å²) in [5.41, 5.74) is 0.968. The fourth-order valence-electron chi connectivity index (χ4n) is 1.37. The summed E-state index contributed by atoms with van der Waals surface area (Å²) in [4.78, 5) is 0. The molecule has 0 aliphatic rings. The number of hydrogen-bond acceptors (Lipinski definition) is 2. The molecule has 1 aromatic carbocycles.